The molecule has 0 unspecified atom stereocenters. The summed E-state index contributed by atoms with van der Waals surface area (Å²) in [4.78, 5) is 13.4. The monoisotopic (exact) mass is 268 g/mol. The summed E-state index contributed by atoms with van der Waals surface area (Å²) in [5.41, 5.74) is 0.506. The van der Waals surface area contributed by atoms with Gasteiger partial charge in [-0.15, -0.1) is 0 Å². The topological polar surface area (TPSA) is 30.7 Å². The third kappa shape index (κ3) is 2.31. The van der Waals surface area contributed by atoms with E-state index in [0.717, 1.165) is 25.4 Å². The van der Waals surface area contributed by atoms with Crippen molar-refractivity contribution in [3.63, 3.8) is 0 Å². The van der Waals surface area contributed by atoms with Crippen molar-refractivity contribution in [3.05, 3.63) is 0 Å². The summed E-state index contributed by atoms with van der Waals surface area (Å²) in [6.45, 7) is 13.8. The standard InChI is InChI=1S/C16H29NO2/c1-6-17(7-2)11-14(18)19-13-10-12-8-9-16(13,5)15(12,3)4/h12-13H,6-11H2,1-5H3/p+1/t12-,13+,16-/m0/s1. The Labute approximate surface area is 117 Å². The number of hydrogen-bond donors (Lipinski definition) is 1. The Morgan fingerprint density at radius 3 is 2.32 bits per heavy atom. The first-order valence-corrected chi connectivity index (χ1v) is 7.88. The van der Waals surface area contributed by atoms with Crippen molar-refractivity contribution in [2.24, 2.45) is 16.7 Å². The van der Waals surface area contributed by atoms with Crippen LogP contribution >= 0.6 is 0 Å². The van der Waals surface area contributed by atoms with Crippen LogP contribution in [0.3, 0.4) is 0 Å². The lowest BCUT2D eigenvalue weighted by atomic mass is 9.70. The maximum Gasteiger partial charge on any atom is 0.362 e. The van der Waals surface area contributed by atoms with E-state index in [0.29, 0.717) is 12.0 Å². The van der Waals surface area contributed by atoms with Crippen molar-refractivity contribution in [2.75, 3.05) is 19.6 Å². The van der Waals surface area contributed by atoms with Crippen LogP contribution in [-0.2, 0) is 9.53 Å². The lowest BCUT2D eigenvalue weighted by Gasteiger charge is -2.38. The summed E-state index contributed by atoms with van der Waals surface area (Å²) in [5, 5.41) is 0. The second-order valence-corrected chi connectivity index (χ2v) is 7.22. The van der Waals surface area contributed by atoms with Crippen LogP contribution in [0.25, 0.3) is 0 Å². The maximum atomic E-state index is 12.1. The summed E-state index contributed by atoms with van der Waals surface area (Å²) in [7, 11) is 0. The minimum Gasteiger partial charge on any atom is -0.458 e. The highest BCUT2D eigenvalue weighted by molar-refractivity contribution is 5.70. The Morgan fingerprint density at radius 1 is 1.26 bits per heavy atom. The molecule has 0 aliphatic heterocycles. The molecule has 1 N–H and O–H groups in total. The summed E-state index contributed by atoms with van der Waals surface area (Å²) >= 11 is 0. The summed E-state index contributed by atoms with van der Waals surface area (Å²) < 4.78 is 5.86. The predicted molar refractivity (Wildman–Crippen MR) is 76.0 cm³/mol. The third-order valence-electron chi connectivity index (χ3n) is 6.38. The Bertz CT molecular complexity index is 349. The Morgan fingerprint density at radius 2 is 1.89 bits per heavy atom. The number of nitrogens with one attached hydrogen (secondary N) is 1. The third-order valence-corrected chi connectivity index (χ3v) is 6.38. The molecule has 3 atom stereocenters. The number of carbonyl (C=O) groups is 1. The number of rotatable bonds is 5. The number of ether oxygens (including phenoxy) is 1. The fraction of sp³-hybridized carbons (Fsp3) is 0.938. The van der Waals surface area contributed by atoms with Crippen LogP contribution in [0.5, 0.6) is 0 Å². The van der Waals surface area contributed by atoms with Gasteiger partial charge in [-0.3, -0.25) is 0 Å². The van der Waals surface area contributed by atoms with E-state index in [2.05, 4.69) is 34.6 Å². The molecule has 110 valence electrons. The fourth-order valence-electron chi connectivity index (χ4n) is 4.21. The highest BCUT2D eigenvalue weighted by Crippen LogP contribution is 2.66. The molecule has 3 nitrogen and oxygen atoms in total. The quantitative estimate of drug-likeness (QED) is 0.769. The molecule has 2 aliphatic rings. The lowest BCUT2D eigenvalue weighted by molar-refractivity contribution is -0.888. The summed E-state index contributed by atoms with van der Waals surface area (Å²) in [6, 6.07) is 0. The van der Waals surface area contributed by atoms with Gasteiger partial charge in [0.2, 0.25) is 0 Å². The van der Waals surface area contributed by atoms with E-state index < -0.39 is 0 Å². The van der Waals surface area contributed by atoms with Crippen LogP contribution in [0.1, 0.15) is 53.9 Å². The predicted octanol–water partition coefficient (Wildman–Crippen LogP) is 1.67. The van der Waals surface area contributed by atoms with Crippen molar-refractivity contribution in [2.45, 2.75) is 60.0 Å². The molecule has 0 saturated heterocycles. The largest absolute Gasteiger partial charge is 0.458 e. The SMILES string of the molecule is CC[NH+](CC)CC(=O)O[C@@H]1C[C@@H]2CC[C@]1(C)C2(C)C. The van der Waals surface area contributed by atoms with E-state index in [4.69, 9.17) is 4.74 Å². The van der Waals surface area contributed by atoms with Gasteiger partial charge in [0.1, 0.15) is 6.10 Å². The maximum absolute atomic E-state index is 12.1. The first-order chi connectivity index (χ1) is 8.85. The van der Waals surface area contributed by atoms with E-state index >= 15 is 0 Å². The van der Waals surface area contributed by atoms with Crippen LogP contribution in [0.15, 0.2) is 0 Å². The Kier molecular flexibility index (Phi) is 3.97. The molecular formula is C16H30NO2+. The molecule has 2 bridgehead atoms. The molecule has 0 amide bonds. The number of fused-ring (bicyclic) bond motifs is 2. The lowest BCUT2D eigenvalue weighted by Crippen LogP contribution is -3.12. The first-order valence-electron chi connectivity index (χ1n) is 7.88. The molecule has 0 spiro atoms. The minimum atomic E-state index is -0.00623. The molecule has 2 aliphatic carbocycles. The van der Waals surface area contributed by atoms with Crippen LogP contribution in [-0.4, -0.2) is 31.7 Å². The van der Waals surface area contributed by atoms with E-state index in [1.54, 1.807) is 0 Å². The summed E-state index contributed by atoms with van der Waals surface area (Å²) in [5.74, 6) is 0.726. The fourth-order valence-corrected chi connectivity index (χ4v) is 4.21. The van der Waals surface area contributed by atoms with E-state index in [1.807, 2.05) is 0 Å². The molecule has 0 radical (unpaired) electrons. The van der Waals surface area contributed by atoms with E-state index in [9.17, 15) is 4.79 Å². The van der Waals surface area contributed by atoms with Crippen molar-refractivity contribution >= 4 is 5.97 Å². The van der Waals surface area contributed by atoms with Gasteiger partial charge >= 0.3 is 5.97 Å². The Hall–Kier alpha value is -0.570. The van der Waals surface area contributed by atoms with Crippen LogP contribution in [0.4, 0.5) is 0 Å². The number of carbonyl (C=O) groups excluding carboxylic acids is 1. The minimum absolute atomic E-state index is 0.00623. The molecule has 0 aromatic heterocycles. The molecule has 2 rings (SSSR count). The molecular weight excluding hydrogens is 238 g/mol. The van der Waals surface area contributed by atoms with Crippen molar-refractivity contribution in [3.8, 4) is 0 Å². The number of likely N-dealkylation sites (N-methyl/N-ethyl adjacent to an activating group) is 1. The normalized spacial score (nSPS) is 35.9. The van der Waals surface area contributed by atoms with Gasteiger partial charge in [-0.1, -0.05) is 20.8 Å². The van der Waals surface area contributed by atoms with Crippen molar-refractivity contribution < 1.29 is 14.4 Å². The van der Waals surface area contributed by atoms with Crippen LogP contribution in [0, 0.1) is 16.7 Å². The highest BCUT2D eigenvalue weighted by Gasteiger charge is 2.62. The van der Waals surface area contributed by atoms with E-state index in [-0.39, 0.29) is 17.5 Å². The zero-order valence-corrected chi connectivity index (χ0v) is 13.2. The number of hydrogen-bond acceptors (Lipinski definition) is 2. The molecule has 2 saturated carbocycles. The summed E-state index contributed by atoms with van der Waals surface area (Å²) in [6.07, 6.45) is 3.73. The number of esters is 1. The molecule has 0 aromatic carbocycles. The van der Waals surface area contributed by atoms with Crippen LogP contribution in [0.2, 0.25) is 0 Å². The van der Waals surface area contributed by atoms with Crippen LogP contribution < -0.4 is 4.90 Å². The highest BCUT2D eigenvalue weighted by atomic mass is 16.5. The van der Waals surface area contributed by atoms with Crippen molar-refractivity contribution in [1.29, 1.82) is 0 Å². The van der Waals surface area contributed by atoms with Gasteiger partial charge in [0.25, 0.3) is 0 Å². The van der Waals surface area contributed by atoms with Gasteiger partial charge in [0.15, 0.2) is 6.54 Å². The van der Waals surface area contributed by atoms with Gasteiger partial charge in [-0.05, 0) is 44.4 Å². The smallest absolute Gasteiger partial charge is 0.362 e. The zero-order chi connectivity index (χ0) is 14.3. The van der Waals surface area contributed by atoms with E-state index in [1.165, 1.54) is 17.7 Å². The molecule has 3 heteroatoms. The second-order valence-electron chi connectivity index (χ2n) is 7.22. The number of quaternary nitrogens is 1. The zero-order valence-electron chi connectivity index (χ0n) is 13.2. The Balaban J connectivity index is 1.96. The average molecular weight is 268 g/mol. The van der Waals surface area contributed by atoms with Gasteiger partial charge in [0, 0.05) is 5.41 Å². The average Bonchev–Trinajstić information content (AvgIpc) is 2.69. The van der Waals surface area contributed by atoms with Gasteiger partial charge in [-0.25, -0.2) is 4.79 Å². The molecule has 19 heavy (non-hydrogen) atoms. The second kappa shape index (κ2) is 5.08. The van der Waals surface area contributed by atoms with Gasteiger partial charge in [-0.2, -0.15) is 0 Å². The molecule has 2 fully saturated rings. The molecule has 0 aromatic rings. The first kappa shape index (κ1) is 14.8. The van der Waals surface area contributed by atoms with Gasteiger partial charge in [0.05, 0.1) is 13.1 Å². The van der Waals surface area contributed by atoms with Gasteiger partial charge < -0.3 is 9.64 Å². The van der Waals surface area contributed by atoms with Crippen molar-refractivity contribution in [1.82, 2.24) is 0 Å². The molecule has 0 heterocycles.